The van der Waals surface area contributed by atoms with Gasteiger partial charge in [0.2, 0.25) is 11.2 Å². The van der Waals surface area contributed by atoms with E-state index in [1.165, 1.54) is 18.2 Å². The van der Waals surface area contributed by atoms with Gasteiger partial charge in [0.05, 0.1) is 12.2 Å². The molecule has 1 N–H and O–H groups in total. The van der Waals surface area contributed by atoms with Gasteiger partial charge in [-0.25, -0.2) is 4.39 Å². The zero-order valence-corrected chi connectivity index (χ0v) is 11.9. The number of benzene rings is 1. The number of hydrogen-bond donors (Lipinski definition) is 1. The van der Waals surface area contributed by atoms with E-state index in [0.717, 1.165) is 6.42 Å². The van der Waals surface area contributed by atoms with E-state index in [4.69, 9.17) is 21.6 Å². The third-order valence-corrected chi connectivity index (χ3v) is 2.53. The van der Waals surface area contributed by atoms with Gasteiger partial charge < -0.3 is 10.1 Å². The van der Waals surface area contributed by atoms with Crippen LogP contribution in [-0.4, -0.2) is 21.6 Å². The molecule has 21 heavy (non-hydrogen) atoms. The molecule has 8 heteroatoms. The minimum absolute atomic E-state index is 0.0266. The van der Waals surface area contributed by atoms with Crippen molar-refractivity contribution in [3.63, 3.8) is 0 Å². The summed E-state index contributed by atoms with van der Waals surface area (Å²) in [6, 6.07) is 5.84. The van der Waals surface area contributed by atoms with Gasteiger partial charge in [-0.1, -0.05) is 6.92 Å². The number of halogens is 2. The summed E-state index contributed by atoms with van der Waals surface area (Å²) in [5.74, 6) is -0.444. The van der Waals surface area contributed by atoms with Crippen molar-refractivity contribution in [2.45, 2.75) is 13.3 Å². The summed E-state index contributed by atoms with van der Waals surface area (Å²) < 4.78 is 18.5. The van der Waals surface area contributed by atoms with Gasteiger partial charge in [0.1, 0.15) is 11.9 Å². The van der Waals surface area contributed by atoms with Crippen molar-refractivity contribution in [2.75, 3.05) is 11.9 Å². The molecule has 1 heterocycles. The average Bonchev–Trinajstić information content (AvgIpc) is 2.46. The molecule has 0 radical (unpaired) electrons. The van der Waals surface area contributed by atoms with Gasteiger partial charge in [-0.2, -0.15) is 20.2 Å². The Balaban J connectivity index is 2.23. The number of hydrogen-bond acceptors (Lipinski definition) is 6. The molecule has 1 aromatic carbocycles. The summed E-state index contributed by atoms with van der Waals surface area (Å²) in [5.41, 5.74) is 0.374. The number of anilines is 2. The van der Waals surface area contributed by atoms with Gasteiger partial charge in [-0.3, -0.25) is 0 Å². The third-order valence-electron chi connectivity index (χ3n) is 2.37. The van der Waals surface area contributed by atoms with E-state index < -0.39 is 5.82 Å². The number of ether oxygens (including phenoxy) is 1. The third kappa shape index (κ3) is 4.00. The van der Waals surface area contributed by atoms with Crippen LogP contribution in [0, 0.1) is 17.1 Å². The molecule has 0 aliphatic heterocycles. The molecule has 6 nitrogen and oxygen atoms in total. The second kappa shape index (κ2) is 6.81. The van der Waals surface area contributed by atoms with E-state index >= 15 is 0 Å². The summed E-state index contributed by atoms with van der Waals surface area (Å²) in [6.07, 6.45) is 0.801. The van der Waals surface area contributed by atoms with E-state index in [-0.39, 0.29) is 22.8 Å². The SMILES string of the molecule is CCCOc1nc(Cl)nc(Nc2ccc(F)c(C#N)c2)n1. The first-order valence-electron chi connectivity index (χ1n) is 6.13. The van der Waals surface area contributed by atoms with Gasteiger partial charge >= 0.3 is 6.01 Å². The molecule has 0 spiro atoms. The molecule has 2 rings (SSSR count). The van der Waals surface area contributed by atoms with Crippen LogP contribution in [0.3, 0.4) is 0 Å². The Morgan fingerprint density at radius 3 is 2.90 bits per heavy atom. The van der Waals surface area contributed by atoms with E-state index in [9.17, 15) is 4.39 Å². The van der Waals surface area contributed by atoms with Crippen LogP contribution in [0.1, 0.15) is 18.9 Å². The van der Waals surface area contributed by atoms with E-state index in [2.05, 4.69) is 20.3 Å². The van der Waals surface area contributed by atoms with Crippen molar-refractivity contribution in [3.8, 4) is 12.1 Å². The van der Waals surface area contributed by atoms with Crippen molar-refractivity contribution < 1.29 is 9.13 Å². The molecule has 0 unspecified atom stereocenters. The largest absolute Gasteiger partial charge is 0.463 e. The summed E-state index contributed by atoms with van der Waals surface area (Å²) in [5, 5.41) is 11.6. The Hall–Kier alpha value is -2.46. The van der Waals surface area contributed by atoms with Crippen LogP contribution in [-0.2, 0) is 0 Å². The molecule has 0 aliphatic carbocycles. The number of nitriles is 1. The molecule has 2 aromatic rings. The van der Waals surface area contributed by atoms with Gasteiger partial charge in [0.25, 0.3) is 0 Å². The number of nitrogens with zero attached hydrogens (tertiary/aromatic N) is 4. The molecule has 0 bridgehead atoms. The molecular weight excluding hydrogens is 297 g/mol. The Kier molecular flexibility index (Phi) is 4.85. The molecule has 0 aliphatic rings. The summed E-state index contributed by atoms with van der Waals surface area (Å²) in [4.78, 5) is 11.7. The highest BCUT2D eigenvalue weighted by molar-refractivity contribution is 6.28. The van der Waals surface area contributed by atoms with Crippen molar-refractivity contribution in [1.29, 1.82) is 5.26 Å². The molecule has 0 fully saturated rings. The summed E-state index contributed by atoms with van der Waals surface area (Å²) in [7, 11) is 0. The smallest absolute Gasteiger partial charge is 0.322 e. The fraction of sp³-hybridized carbons (Fsp3) is 0.231. The predicted octanol–water partition coefficient (Wildman–Crippen LogP) is 3.07. The summed E-state index contributed by atoms with van der Waals surface area (Å²) >= 11 is 5.78. The normalized spacial score (nSPS) is 10.0. The first-order chi connectivity index (χ1) is 10.1. The second-order valence-corrected chi connectivity index (χ2v) is 4.33. The standard InChI is InChI=1S/C13H11ClFN5O/c1-2-5-21-13-19-11(14)18-12(20-13)17-9-3-4-10(15)8(6-9)7-16/h3-4,6H,2,5H2,1H3,(H,17,18,19,20). The van der Waals surface area contributed by atoms with Crippen molar-refractivity contribution in [3.05, 3.63) is 34.9 Å². The van der Waals surface area contributed by atoms with Crippen LogP contribution in [0.2, 0.25) is 5.28 Å². The van der Waals surface area contributed by atoms with Crippen molar-refractivity contribution in [1.82, 2.24) is 15.0 Å². The molecule has 0 atom stereocenters. The second-order valence-electron chi connectivity index (χ2n) is 3.99. The van der Waals surface area contributed by atoms with Crippen LogP contribution in [0.15, 0.2) is 18.2 Å². The van der Waals surface area contributed by atoms with Crippen LogP contribution >= 0.6 is 11.6 Å². The molecule has 0 saturated carbocycles. The minimum Gasteiger partial charge on any atom is -0.463 e. The van der Waals surface area contributed by atoms with Crippen molar-refractivity contribution >= 4 is 23.2 Å². The topological polar surface area (TPSA) is 83.7 Å². The van der Waals surface area contributed by atoms with Gasteiger partial charge in [0.15, 0.2) is 0 Å². The number of nitrogens with one attached hydrogen (secondary N) is 1. The quantitative estimate of drug-likeness (QED) is 0.914. The van der Waals surface area contributed by atoms with E-state index in [1.54, 1.807) is 6.07 Å². The molecule has 1 aromatic heterocycles. The lowest BCUT2D eigenvalue weighted by Gasteiger charge is -2.07. The fourth-order valence-corrected chi connectivity index (χ4v) is 1.62. The Morgan fingerprint density at radius 2 is 2.19 bits per heavy atom. The maximum Gasteiger partial charge on any atom is 0.322 e. The van der Waals surface area contributed by atoms with Crippen LogP contribution in [0.5, 0.6) is 6.01 Å². The number of aromatic nitrogens is 3. The predicted molar refractivity (Wildman–Crippen MR) is 75.0 cm³/mol. The first-order valence-corrected chi connectivity index (χ1v) is 6.51. The van der Waals surface area contributed by atoms with Crippen LogP contribution in [0.25, 0.3) is 0 Å². The Labute approximate surface area is 125 Å². The Bertz CT molecular complexity index is 689. The number of rotatable bonds is 5. The van der Waals surface area contributed by atoms with Gasteiger partial charge in [0, 0.05) is 5.69 Å². The average molecular weight is 308 g/mol. The lowest BCUT2D eigenvalue weighted by atomic mass is 10.2. The first kappa shape index (κ1) is 14.9. The molecule has 0 amide bonds. The van der Waals surface area contributed by atoms with E-state index in [1.807, 2.05) is 6.92 Å². The maximum absolute atomic E-state index is 13.2. The summed E-state index contributed by atoms with van der Waals surface area (Å²) in [6.45, 7) is 2.40. The zero-order chi connectivity index (χ0) is 15.2. The highest BCUT2D eigenvalue weighted by atomic mass is 35.5. The lowest BCUT2D eigenvalue weighted by molar-refractivity contribution is 0.292. The molecular formula is C13H11ClFN5O. The van der Waals surface area contributed by atoms with Crippen LogP contribution in [0.4, 0.5) is 16.0 Å². The highest BCUT2D eigenvalue weighted by Gasteiger charge is 2.08. The van der Waals surface area contributed by atoms with Crippen molar-refractivity contribution in [2.24, 2.45) is 0 Å². The zero-order valence-electron chi connectivity index (χ0n) is 11.1. The maximum atomic E-state index is 13.2. The van der Waals surface area contributed by atoms with E-state index in [0.29, 0.717) is 12.3 Å². The van der Waals surface area contributed by atoms with Gasteiger partial charge in [-0.05, 0) is 36.2 Å². The van der Waals surface area contributed by atoms with Crippen LogP contribution < -0.4 is 10.1 Å². The fourth-order valence-electron chi connectivity index (χ4n) is 1.46. The van der Waals surface area contributed by atoms with Gasteiger partial charge in [-0.15, -0.1) is 0 Å². The Morgan fingerprint density at radius 1 is 1.38 bits per heavy atom. The molecule has 0 saturated heterocycles. The highest BCUT2D eigenvalue weighted by Crippen LogP contribution is 2.19. The lowest BCUT2D eigenvalue weighted by Crippen LogP contribution is -2.05. The minimum atomic E-state index is -0.594. The molecule has 108 valence electrons. The monoisotopic (exact) mass is 307 g/mol.